The fourth-order valence-corrected chi connectivity index (χ4v) is 6.94. The second kappa shape index (κ2) is 8.81. The number of halogens is 1. The summed E-state index contributed by atoms with van der Waals surface area (Å²) in [6, 6.07) is 7.76. The molecule has 4 nitrogen and oxygen atoms in total. The summed E-state index contributed by atoms with van der Waals surface area (Å²) in [5.41, 5.74) is 0.446. The zero-order chi connectivity index (χ0) is 20.4. The summed E-state index contributed by atoms with van der Waals surface area (Å²) < 4.78 is 12.8. The van der Waals surface area contributed by atoms with Crippen LogP contribution in [-0.2, 0) is 14.0 Å². The molecule has 1 aromatic rings. The van der Waals surface area contributed by atoms with Crippen LogP contribution < -0.4 is 4.46 Å². The molecule has 0 bridgehead atoms. The van der Waals surface area contributed by atoms with Gasteiger partial charge in [-0.05, 0) is 0 Å². The fraction of sp³-hybridized carbons (Fsp3) is 0.550. The normalized spacial score (nSPS) is 23.7. The van der Waals surface area contributed by atoms with Crippen molar-refractivity contribution in [2.45, 2.75) is 62.3 Å². The molecule has 1 aliphatic carbocycles. The summed E-state index contributed by atoms with van der Waals surface area (Å²) >= 11 is 6.02. The van der Waals surface area contributed by atoms with Gasteiger partial charge in [0.2, 0.25) is 0 Å². The molecule has 7 heteroatoms. The van der Waals surface area contributed by atoms with Crippen LogP contribution >= 0.6 is 11.6 Å². The Morgan fingerprint density at radius 1 is 1.26 bits per heavy atom. The molecule has 0 fully saturated rings. The van der Waals surface area contributed by atoms with Crippen molar-refractivity contribution >= 4 is 45.3 Å². The maximum absolute atomic E-state index is 12.4. The van der Waals surface area contributed by atoms with Crippen LogP contribution in [0.3, 0.4) is 0 Å². The van der Waals surface area contributed by atoms with Crippen LogP contribution in [0.2, 0.25) is 28.0 Å². The monoisotopic (exact) mass is 476 g/mol. The standard InChI is InChI=1S/C20H29ClO4SeSi/c1-20(2,3)27(5,6)25-18-16(19(23)24-4)11-14(22)12-17(18)26-15-9-7-13(21)8-10-15/h7-11,14,17-18,22H,12H2,1-6H3/t14-,17-,18-/m1/s1. The van der Waals surface area contributed by atoms with Crippen molar-refractivity contribution in [3.63, 3.8) is 0 Å². The Bertz CT molecular complexity index is 697. The van der Waals surface area contributed by atoms with Crippen molar-refractivity contribution < 1.29 is 19.1 Å². The Morgan fingerprint density at radius 3 is 2.37 bits per heavy atom. The molecule has 3 atom stereocenters. The number of benzene rings is 1. The van der Waals surface area contributed by atoms with E-state index in [-0.39, 0.29) is 30.9 Å². The van der Waals surface area contributed by atoms with Gasteiger partial charge in [-0.1, -0.05) is 0 Å². The number of hydrogen-bond acceptors (Lipinski definition) is 4. The van der Waals surface area contributed by atoms with Gasteiger partial charge in [-0.25, -0.2) is 0 Å². The first-order valence-corrected chi connectivity index (χ1v) is 14.2. The fourth-order valence-electron chi connectivity index (χ4n) is 2.67. The first-order valence-electron chi connectivity index (χ1n) is 9.03. The van der Waals surface area contributed by atoms with Gasteiger partial charge in [-0.15, -0.1) is 0 Å². The molecule has 0 saturated heterocycles. The van der Waals surface area contributed by atoms with E-state index in [1.807, 2.05) is 24.3 Å². The summed E-state index contributed by atoms with van der Waals surface area (Å²) in [6.07, 6.45) is 1.15. The van der Waals surface area contributed by atoms with Crippen LogP contribution in [0.5, 0.6) is 0 Å². The van der Waals surface area contributed by atoms with Crippen molar-refractivity contribution in [1.29, 1.82) is 0 Å². The average Bonchev–Trinajstić information content (AvgIpc) is 2.57. The van der Waals surface area contributed by atoms with E-state index < -0.39 is 20.4 Å². The van der Waals surface area contributed by atoms with Crippen molar-refractivity contribution in [3.05, 3.63) is 40.9 Å². The summed E-state index contributed by atoms with van der Waals surface area (Å²) in [5.74, 6) is -0.422. The molecule has 0 spiro atoms. The molecule has 0 amide bonds. The number of esters is 1. The molecule has 0 unspecified atom stereocenters. The number of carbonyl (C=O) groups excluding carboxylic acids is 1. The van der Waals surface area contributed by atoms with E-state index in [9.17, 15) is 9.90 Å². The quantitative estimate of drug-likeness (QED) is 0.521. The van der Waals surface area contributed by atoms with Crippen molar-refractivity contribution in [2.24, 2.45) is 0 Å². The Morgan fingerprint density at radius 2 is 1.85 bits per heavy atom. The van der Waals surface area contributed by atoms with Crippen LogP contribution in [0.25, 0.3) is 0 Å². The number of carbonyl (C=O) groups is 1. The van der Waals surface area contributed by atoms with Gasteiger partial charge < -0.3 is 0 Å². The molecule has 0 aromatic heterocycles. The predicted molar refractivity (Wildman–Crippen MR) is 113 cm³/mol. The summed E-state index contributed by atoms with van der Waals surface area (Å²) in [5, 5.41) is 11.1. The second-order valence-corrected chi connectivity index (χ2v) is 16.3. The van der Waals surface area contributed by atoms with Crippen molar-refractivity contribution in [2.75, 3.05) is 7.11 Å². The maximum atomic E-state index is 12.4. The molecular weight excluding hydrogens is 447 g/mol. The van der Waals surface area contributed by atoms with E-state index in [4.69, 9.17) is 20.8 Å². The minimum absolute atomic E-state index is 0.0160. The SMILES string of the molecule is COC(=O)C1=C[C@@H](O)C[C@@H]([Se]c2ccc(Cl)cc2)[C@@H]1O[Si](C)(C)C(C)(C)C. The molecule has 0 radical (unpaired) electrons. The molecule has 0 aliphatic heterocycles. The Labute approximate surface area is 174 Å². The molecule has 2 rings (SSSR count). The van der Waals surface area contributed by atoms with Gasteiger partial charge in [0.15, 0.2) is 0 Å². The molecule has 150 valence electrons. The topological polar surface area (TPSA) is 55.8 Å². The zero-order valence-corrected chi connectivity index (χ0v) is 20.3. The number of methoxy groups -OCH3 is 1. The first-order chi connectivity index (χ1) is 12.4. The molecule has 1 aromatic carbocycles. The van der Waals surface area contributed by atoms with Crippen LogP contribution in [0.1, 0.15) is 27.2 Å². The van der Waals surface area contributed by atoms with Crippen molar-refractivity contribution in [1.82, 2.24) is 0 Å². The van der Waals surface area contributed by atoms with E-state index in [1.54, 1.807) is 6.08 Å². The summed E-state index contributed by atoms with van der Waals surface area (Å²) in [6.45, 7) is 10.9. The van der Waals surface area contributed by atoms with Gasteiger partial charge in [0.25, 0.3) is 0 Å². The Kier molecular flexibility index (Phi) is 7.39. The van der Waals surface area contributed by atoms with Crippen LogP contribution in [0, 0.1) is 0 Å². The number of rotatable bonds is 5. The second-order valence-electron chi connectivity index (χ2n) is 8.33. The Balaban J connectivity index is 2.38. The van der Waals surface area contributed by atoms with Gasteiger partial charge in [-0.3, -0.25) is 0 Å². The Hall–Kier alpha value is -0.624. The number of hydrogen-bond donors (Lipinski definition) is 1. The number of aliphatic hydroxyl groups excluding tert-OH is 1. The molecular formula is C20H29ClO4SeSi. The van der Waals surface area contributed by atoms with E-state index in [2.05, 4.69) is 33.9 Å². The number of ether oxygens (including phenoxy) is 1. The van der Waals surface area contributed by atoms with Gasteiger partial charge in [0, 0.05) is 0 Å². The summed E-state index contributed by atoms with van der Waals surface area (Å²) in [7, 11) is -0.756. The van der Waals surface area contributed by atoms with Crippen molar-refractivity contribution in [3.8, 4) is 0 Å². The van der Waals surface area contributed by atoms with Gasteiger partial charge in [0.1, 0.15) is 0 Å². The van der Waals surface area contributed by atoms with E-state index in [1.165, 1.54) is 11.6 Å². The first kappa shape index (κ1) is 22.7. The molecule has 1 aliphatic rings. The van der Waals surface area contributed by atoms with E-state index in [0.29, 0.717) is 17.0 Å². The van der Waals surface area contributed by atoms with Crippen LogP contribution in [-0.4, -0.2) is 53.7 Å². The zero-order valence-electron chi connectivity index (χ0n) is 16.8. The third-order valence-electron chi connectivity index (χ3n) is 5.24. The molecule has 27 heavy (non-hydrogen) atoms. The molecule has 1 N–H and O–H groups in total. The van der Waals surface area contributed by atoms with E-state index >= 15 is 0 Å². The predicted octanol–water partition coefficient (Wildman–Crippen LogP) is 3.71. The third-order valence-corrected chi connectivity index (χ3v) is 12.6. The van der Waals surface area contributed by atoms with Gasteiger partial charge in [0.05, 0.1) is 0 Å². The van der Waals surface area contributed by atoms with Gasteiger partial charge in [-0.2, -0.15) is 0 Å². The molecule has 0 saturated carbocycles. The number of aliphatic hydroxyl groups is 1. The molecule has 0 heterocycles. The van der Waals surface area contributed by atoms with Gasteiger partial charge >= 0.3 is 175 Å². The van der Waals surface area contributed by atoms with Crippen LogP contribution in [0.4, 0.5) is 0 Å². The third kappa shape index (κ3) is 5.69. The average molecular weight is 476 g/mol. The van der Waals surface area contributed by atoms with E-state index in [0.717, 1.165) is 0 Å². The summed E-state index contributed by atoms with van der Waals surface area (Å²) in [4.78, 5) is 12.5. The van der Waals surface area contributed by atoms with Crippen LogP contribution in [0.15, 0.2) is 35.9 Å². The minimum atomic E-state index is -2.12.